The molecule has 34 heavy (non-hydrogen) atoms. The van der Waals surface area contributed by atoms with E-state index in [9.17, 15) is 27.6 Å². The monoisotopic (exact) mass is 489 g/mol. The highest BCUT2D eigenvalue weighted by Gasteiger charge is 2.37. The largest absolute Gasteiger partial charge is 0.416 e. The fourth-order valence-electron chi connectivity index (χ4n) is 3.77. The van der Waals surface area contributed by atoms with Gasteiger partial charge in [-0.1, -0.05) is 35.9 Å². The van der Waals surface area contributed by atoms with Crippen molar-refractivity contribution < 1.29 is 22.8 Å². The van der Waals surface area contributed by atoms with E-state index >= 15 is 0 Å². The molecule has 3 aromatic rings. The first-order valence-corrected chi connectivity index (χ1v) is 10.7. The standard InChI is InChI=1S/C24H19ClF3N3O3/c25-20-7-2-1-4-15(20)12-30-14-18(8-9-21(30)32)29-23(34)16-10-22(33)31(13-16)19-6-3-5-17(11-19)24(26,27)28/h1-9,11,14,16H,10,12-13H2,(H,29,34). The summed E-state index contributed by atoms with van der Waals surface area (Å²) in [5.74, 6) is -1.67. The van der Waals surface area contributed by atoms with Gasteiger partial charge in [0, 0.05) is 35.9 Å². The Balaban J connectivity index is 1.47. The smallest absolute Gasteiger partial charge is 0.324 e. The highest BCUT2D eigenvalue weighted by Crippen LogP contribution is 2.33. The molecule has 1 N–H and O–H groups in total. The van der Waals surface area contributed by atoms with Gasteiger partial charge in [-0.05, 0) is 35.9 Å². The highest BCUT2D eigenvalue weighted by atomic mass is 35.5. The van der Waals surface area contributed by atoms with Crippen molar-refractivity contribution >= 4 is 34.8 Å². The number of rotatable bonds is 5. The third-order valence-corrected chi connectivity index (χ3v) is 5.90. The molecule has 0 bridgehead atoms. The van der Waals surface area contributed by atoms with E-state index in [2.05, 4.69) is 5.32 Å². The van der Waals surface area contributed by atoms with Crippen molar-refractivity contribution in [3.8, 4) is 0 Å². The van der Waals surface area contributed by atoms with Crippen LogP contribution >= 0.6 is 11.6 Å². The van der Waals surface area contributed by atoms with Crippen molar-refractivity contribution in [2.45, 2.75) is 19.1 Å². The molecule has 1 saturated heterocycles. The molecule has 1 aliphatic rings. The number of benzene rings is 2. The van der Waals surface area contributed by atoms with Gasteiger partial charge in [-0.2, -0.15) is 13.2 Å². The van der Waals surface area contributed by atoms with Crippen molar-refractivity contribution in [3.63, 3.8) is 0 Å². The molecule has 1 aliphatic heterocycles. The number of hydrogen-bond donors (Lipinski definition) is 1. The van der Waals surface area contributed by atoms with E-state index < -0.39 is 29.5 Å². The molecule has 0 aliphatic carbocycles. The van der Waals surface area contributed by atoms with Gasteiger partial charge in [-0.15, -0.1) is 0 Å². The molecule has 2 aromatic carbocycles. The van der Waals surface area contributed by atoms with Gasteiger partial charge in [0.1, 0.15) is 0 Å². The van der Waals surface area contributed by atoms with Crippen LogP contribution in [0.25, 0.3) is 0 Å². The van der Waals surface area contributed by atoms with Gasteiger partial charge in [0.05, 0.1) is 23.7 Å². The van der Waals surface area contributed by atoms with E-state index in [0.717, 1.165) is 17.7 Å². The Hall–Kier alpha value is -3.59. The summed E-state index contributed by atoms with van der Waals surface area (Å²) in [4.78, 5) is 38.7. The lowest BCUT2D eigenvalue weighted by Crippen LogP contribution is -2.29. The molecule has 6 nitrogen and oxygen atoms in total. The van der Waals surface area contributed by atoms with Crippen LogP contribution in [0, 0.1) is 5.92 Å². The van der Waals surface area contributed by atoms with Crippen LogP contribution in [0.3, 0.4) is 0 Å². The predicted molar refractivity (Wildman–Crippen MR) is 122 cm³/mol. The third-order valence-electron chi connectivity index (χ3n) is 5.53. The summed E-state index contributed by atoms with van der Waals surface area (Å²) < 4.78 is 40.5. The molecule has 176 valence electrons. The molecule has 2 amide bonds. The third kappa shape index (κ3) is 5.14. The summed E-state index contributed by atoms with van der Waals surface area (Å²) in [6, 6.07) is 14.3. The number of carbonyl (C=O) groups excluding carboxylic acids is 2. The summed E-state index contributed by atoms with van der Waals surface area (Å²) in [6.45, 7) is 0.151. The van der Waals surface area contributed by atoms with Crippen molar-refractivity contribution in [2.24, 2.45) is 5.92 Å². The number of nitrogens with one attached hydrogen (secondary N) is 1. The number of aromatic nitrogens is 1. The lowest BCUT2D eigenvalue weighted by molar-refractivity contribution is -0.137. The van der Waals surface area contributed by atoms with Crippen molar-refractivity contribution in [2.75, 3.05) is 16.8 Å². The zero-order chi connectivity index (χ0) is 24.5. The molecule has 10 heteroatoms. The van der Waals surface area contributed by atoms with Crippen LogP contribution < -0.4 is 15.8 Å². The Morgan fingerprint density at radius 3 is 2.56 bits per heavy atom. The van der Waals surface area contributed by atoms with Crippen molar-refractivity contribution in [1.82, 2.24) is 4.57 Å². The zero-order valence-corrected chi connectivity index (χ0v) is 18.4. The van der Waals surface area contributed by atoms with Crippen LogP contribution in [-0.2, 0) is 22.3 Å². The summed E-state index contributed by atoms with van der Waals surface area (Å²) in [6.07, 6.45) is -3.20. The number of hydrogen-bond acceptors (Lipinski definition) is 3. The maximum Gasteiger partial charge on any atom is 0.416 e. The van der Waals surface area contributed by atoms with Crippen molar-refractivity contribution in [3.05, 3.63) is 93.4 Å². The minimum absolute atomic E-state index is 0.0504. The van der Waals surface area contributed by atoms with Crippen LogP contribution in [0.1, 0.15) is 17.5 Å². The Morgan fingerprint density at radius 2 is 1.82 bits per heavy atom. The second-order valence-corrected chi connectivity index (χ2v) is 8.33. The second kappa shape index (κ2) is 9.34. The van der Waals surface area contributed by atoms with Gasteiger partial charge < -0.3 is 14.8 Å². The minimum atomic E-state index is -4.54. The first-order chi connectivity index (χ1) is 16.1. The number of amides is 2. The van der Waals surface area contributed by atoms with Crippen LogP contribution in [0.5, 0.6) is 0 Å². The molecular weight excluding hydrogens is 471 g/mol. The molecule has 4 rings (SSSR count). The second-order valence-electron chi connectivity index (χ2n) is 7.92. The Morgan fingerprint density at radius 1 is 1.06 bits per heavy atom. The van der Waals surface area contributed by atoms with Gasteiger partial charge in [-0.3, -0.25) is 14.4 Å². The maximum absolute atomic E-state index is 13.0. The van der Waals surface area contributed by atoms with E-state index in [-0.39, 0.29) is 30.8 Å². The molecule has 0 spiro atoms. The topological polar surface area (TPSA) is 71.4 Å². The molecule has 1 fully saturated rings. The first kappa shape index (κ1) is 23.6. The van der Waals surface area contributed by atoms with Gasteiger partial charge in [0.15, 0.2) is 0 Å². The molecule has 1 atom stereocenters. The van der Waals surface area contributed by atoms with Crippen LogP contribution in [0.4, 0.5) is 24.5 Å². The molecular formula is C24H19ClF3N3O3. The fraction of sp³-hybridized carbons (Fsp3) is 0.208. The summed E-state index contributed by atoms with van der Waals surface area (Å²) >= 11 is 6.17. The lowest BCUT2D eigenvalue weighted by Gasteiger charge is -2.18. The van der Waals surface area contributed by atoms with Gasteiger partial charge in [0.25, 0.3) is 5.56 Å². The summed E-state index contributed by atoms with van der Waals surface area (Å²) in [5.41, 5.74) is 0.00839. The molecule has 0 radical (unpaired) electrons. The number of carbonyl (C=O) groups is 2. The van der Waals surface area contributed by atoms with Crippen LogP contribution in [0.15, 0.2) is 71.7 Å². The SMILES string of the molecule is O=C(Nc1ccc(=O)n(Cc2ccccc2Cl)c1)C1CC(=O)N(c2cccc(C(F)(F)F)c2)C1. The lowest BCUT2D eigenvalue weighted by atomic mass is 10.1. The van der Waals surface area contributed by atoms with E-state index in [0.29, 0.717) is 10.7 Å². The molecule has 1 aromatic heterocycles. The van der Waals surface area contributed by atoms with E-state index in [4.69, 9.17) is 11.6 Å². The Labute approximate surface area is 197 Å². The fourth-order valence-corrected chi connectivity index (χ4v) is 3.96. The van der Waals surface area contributed by atoms with Crippen LogP contribution in [-0.4, -0.2) is 22.9 Å². The average molecular weight is 490 g/mol. The molecule has 1 unspecified atom stereocenters. The Kier molecular flexibility index (Phi) is 6.47. The number of alkyl halides is 3. The van der Waals surface area contributed by atoms with Crippen LogP contribution in [0.2, 0.25) is 5.02 Å². The summed E-state index contributed by atoms with van der Waals surface area (Å²) in [5, 5.41) is 3.19. The average Bonchev–Trinajstić information content (AvgIpc) is 3.19. The number of nitrogens with zero attached hydrogens (tertiary/aromatic N) is 2. The van der Waals surface area contributed by atoms with E-state index in [1.54, 1.807) is 24.3 Å². The zero-order valence-electron chi connectivity index (χ0n) is 17.7. The quantitative estimate of drug-likeness (QED) is 0.571. The van der Waals surface area contributed by atoms with Gasteiger partial charge in [0.2, 0.25) is 11.8 Å². The number of pyridine rings is 1. The first-order valence-electron chi connectivity index (χ1n) is 10.3. The normalized spacial score (nSPS) is 16.1. The maximum atomic E-state index is 13.0. The van der Waals surface area contributed by atoms with Gasteiger partial charge >= 0.3 is 6.18 Å². The van der Waals surface area contributed by atoms with Crippen molar-refractivity contribution in [1.29, 1.82) is 0 Å². The minimum Gasteiger partial charge on any atom is -0.324 e. The van der Waals surface area contributed by atoms with E-state index in [1.807, 2.05) is 0 Å². The highest BCUT2D eigenvalue weighted by molar-refractivity contribution is 6.31. The van der Waals surface area contributed by atoms with Gasteiger partial charge in [-0.25, -0.2) is 0 Å². The predicted octanol–water partition coefficient (Wildman–Crippen LogP) is 4.56. The van der Waals surface area contributed by atoms with E-state index in [1.165, 1.54) is 39.9 Å². The number of anilines is 2. The number of halogens is 4. The summed E-state index contributed by atoms with van der Waals surface area (Å²) in [7, 11) is 0. The molecule has 2 heterocycles. The Bertz CT molecular complexity index is 1310. The molecule has 0 saturated carbocycles.